The molecular weight excluding hydrogens is 277 g/mol. The summed E-state index contributed by atoms with van der Waals surface area (Å²) in [6.07, 6.45) is 0. The van der Waals surface area contributed by atoms with E-state index in [1.807, 2.05) is 24.3 Å². The third-order valence-electron chi connectivity index (χ3n) is 3.27. The second kappa shape index (κ2) is 6.42. The molecule has 0 aliphatic heterocycles. The lowest BCUT2D eigenvalue weighted by Crippen LogP contribution is -2.18. The fourth-order valence-corrected chi connectivity index (χ4v) is 2.34. The summed E-state index contributed by atoms with van der Waals surface area (Å²) in [5, 5.41) is 5.06. The number of nitrogens with one attached hydrogen (secondary N) is 1. The van der Waals surface area contributed by atoms with E-state index in [0.29, 0.717) is 0 Å². The van der Waals surface area contributed by atoms with Crippen molar-refractivity contribution in [3.05, 3.63) is 69.2 Å². The molecular formula is C16H17Cl2N. The minimum atomic E-state index is 0.285. The smallest absolute Gasteiger partial charge is 0.0408 e. The molecule has 1 atom stereocenters. The van der Waals surface area contributed by atoms with Gasteiger partial charge < -0.3 is 5.32 Å². The average Bonchev–Trinajstić information content (AvgIpc) is 2.38. The molecule has 0 aliphatic rings. The van der Waals surface area contributed by atoms with E-state index in [9.17, 15) is 0 Å². The van der Waals surface area contributed by atoms with Gasteiger partial charge in [0, 0.05) is 22.6 Å². The van der Waals surface area contributed by atoms with Crippen molar-refractivity contribution in [1.29, 1.82) is 0 Å². The summed E-state index contributed by atoms with van der Waals surface area (Å²) >= 11 is 11.8. The highest BCUT2D eigenvalue weighted by atomic mass is 35.5. The number of rotatable bonds is 4. The van der Waals surface area contributed by atoms with Crippen molar-refractivity contribution in [3.63, 3.8) is 0 Å². The first kappa shape index (κ1) is 14.4. The van der Waals surface area contributed by atoms with E-state index in [4.69, 9.17) is 23.2 Å². The zero-order chi connectivity index (χ0) is 13.8. The molecule has 0 unspecified atom stereocenters. The fourth-order valence-electron chi connectivity index (χ4n) is 1.99. The molecule has 0 radical (unpaired) electrons. The van der Waals surface area contributed by atoms with E-state index < -0.39 is 0 Å². The van der Waals surface area contributed by atoms with Gasteiger partial charge in [-0.15, -0.1) is 0 Å². The van der Waals surface area contributed by atoms with Crippen LogP contribution in [0, 0.1) is 6.92 Å². The summed E-state index contributed by atoms with van der Waals surface area (Å²) in [6, 6.07) is 14.2. The van der Waals surface area contributed by atoms with Gasteiger partial charge in [-0.25, -0.2) is 0 Å². The lowest BCUT2D eigenvalue weighted by atomic mass is 10.1. The van der Waals surface area contributed by atoms with Crippen LogP contribution in [0.5, 0.6) is 0 Å². The molecule has 1 nitrogen and oxygen atoms in total. The number of benzene rings is 2. The Hall–Kier alpha value is -1.02. The molecule has 0 saturated heterocycles. The second-order valence-corrected chi connectivity index (χ2v) is 5.60. The quantitative estimate of drug-likeness (QED) is 0.822. The minimum Gasteiger partial charge on any atom is -0.306 e. The molecule has 19 heavy (non-hydrogen) atoms. The molecule has 0 heterocycles. The van der Waals surface area contributed by atoms with Crippen LogP contribution in [0.4, 0.5) is 0 Å². The van der Waals surface area contributed by atoms with Gasteiger partial charge in [0.15, 0.2) is 0 Å². The monoisotopic (exact) mass is 293 g/mol. The van der Waals surface area contributed by atoms with Crippen LogP contribution >= 0.6 is 23.2 Å². The summed E-state index contributed by atoms with van der Waals surface area (Å²) in [4.78, 5) is 0. The van der Waals surface area contributed by atoms with E-state index in [-0.39, 0.29) is 6.04 Å². The van der Waals surface area contributed by atoms with Crippen molar-refractivity contribution in [2.24, 2.45) is 0 Å². The van der Waals surface area contributed by atoms with Crippen LogP contribution in [0.3, 0.4) is 0 Å². The number of hydrogen-bond donors (Lipinski definition) is 1. The van der Waals surface area contributed by atoms with Crippen molar-refractivity contribution < 1.29 is 0 Å². The lowest BCUT2D eigenvalue weighted by molar-refractivity contribution is 0.573. The Labute approximate surface area is 124 Å². The summed E-state index contributed by atoms with van der Waals surface area (Å²) in [6.45, 7) is 5.05. The molecule has 2 aromatic rings. The Bertz CT molecular complexity index is 549. The van der Waals surface area contributed by atoms with Crippen molar-refractivity contribution in [3.8, 4) is 0 Å². The Morgan fingerprint density at radius 2 is 1.63 bits per heavy atom. The van der Waals surface area contributed by atoms with Crippen molar-refractivity contribution in [2.45, 2.75) is 26.4 Å². The van der Waals surface area contributed by atoms with E-state index in [2.05, 4.69) is 37.4 Å². The molecule has 3 heteroatoms. The van der Waals surface area contributed by atoms with Crippen molar-refractivity contribution in [2.75, 3.05) is 0 Å². The highest BCUT2D eigenvalue weighted by Gasteiger charge is 2.06. The SMILES string of the molecule is Cc1cc(Cl)ccc1CN[C@@H](C)c1ccc(Cl)cc1. The van der Waals surface area contributed by atoms with Gasteiger partial charge in [0.1, 0.15) is 0 Å². The van der Waals surface area contributed by atoms with E-state index in [0.717, 1.165) is 16.6 Å². The maximum absolute atomic E-state index is 5.96. The van der Waals surface area contributed by atoms with Crippen LogP contribution in [-0.4, -0.2) is 0 Å². The summed E-state index contributed by atoms with van der Waals surface area (Å²) in [5.41, 5.74) is 3.71. The third-order valence-corrected chi connectivity index (χ3v) is 3.76. The van der Waals surface area contributed by atoms with Gasteiger partial charge in [0.25, 0.3) is 0 Å². The molecule has 0 saturated carbocycles. The average molecular weight is 294 g/mol. The number of hydrogen-bond acceptors (Lipinski definition) is 1. The van der Waals surface area contributed by atoms with Crippen molar-refractivity contribution >= 4 is 23.2 Å². The van der Waals surface area contributed by atoms with Crippen LogP contribution in [-0.2, 0) is 6.54 Å². The van der Waals surface area contributed by atoms with E-state index in [1.165, 1.54) is 16.7 Å². The van der Waals surface area contributed by atoms with Gasteiger partial charge in [-0.2, -0.15) is 0 Å². The van der Waals surface area contributed by atoms with Crippen LogP contribution in [0.2, 0.25) is 10.0 Å². The summed E-state index contributed by atoms with van der Waals surface area (Å²) in [7, 11) is 0. The molecule has 0 amide bonds. The van der Waals surface area contributed by atoms with Gasteiger partial charge in [0.2, 0.25) is 0 Å². The van der Waals surface area contributed by atoms with E-state index in [1.54, 1.807) is 0 Å². The predicted molar refractivity (Wildman–Crippen MR) is 82.9 cm³/mol. The van der Waals surface area contributed by atoms with Gasteiger partial charge in [-0.05, 0) is 54.8 Å². The maximum Gasteiger partial charge on any atom is 0.0408 e. The summed E-state index contributed by atoms with van der Waals surface area (Å²) in [5.74, 6) is 0. The Morgan fingerprint density at radius 3 is 2.26 bits per heavy atom. The zero-order valence-electron chi connectivity index (χ0n) is 11.1. The second-order valence-electron chi connectivity index (χ2n) is 4.72. The van der Waals surface area contributed by atoms with Gasteiger partial charge in [-0.3, -0.25) is 0 Å². The molecule has 0 aliphatic carbocycles. The largest absolute Gasteiger partial charge is 0.306 e. The third kappa shape index (κ3) is 3.97. The van der Waals surface area contributed by atoms with Crippen LogP contribution < -0.4 is 5.32 Å². The van der Waals surface area contributed by atoms with Crippen LogP contribution in [0.1, 0.15) is 29.7 Å². The Balaban J connectivity index is 2.00. The first-order valence-electron chi connectivity index (χ1n) is 6.30. The zero-order valence-corrected chi connectivity index (χ0v) is 12.6. The van der Waals surface area contributed by atoms with Crippen molar-refractivity contribution in [1.82, 2.24) is 5.32 Å². The maximum atomic E-state index is 5.96. The van der Waals surface area contributed by atoms with Gasteiger partial charge >= 0.3 is 0 Å². The summed E-state index contributed by atoms with van der Waals surface area (Å²) < 4.78 is 0. The number of aryl methyl sites for hydroxylation is 1. The number of halogens is 2. The van der Waals surface area contributed by atoms with Crippen LogP contribution in [0.15, 0.2) is 42.5 Å². The molecule has 2 aromatic carbocycles. The molecule has 0 spiro atoms. The Morgan fingerprint density at radius 1 is 1.00 bits per heavy atom. The highest BCUT2D eigenvalue weighted by molar-refractivity contribution is 6.30. The van der Waals surface area contributed by atoms with E-state index >= 15 is 0 Å². The molecule has 100 valence electrons. The topological polar surface area (TPSA) is 12.0 Å². The lowest BCUT2D eigenvalue weighted by Gasteiger charge is -2.15. The molecule has 0 bridgehead atoms. The molecule has 0 aromatic heterocycles. The first-order chi connectivity index (χ1) is 9.06. The molecule has 1 N–H and O–H groups in total. The van der Waals surface area contributed by atoms with Crippen LogP contribution in [0.25, 0.3) is 0 Å². The standard InChI is InChI=1S/C16H17Cl2N/c1-11-9-16(18)8-5-14(11)10-19-12(2)13-3-6-15(17)7-4-13/h3-9,12,19H,10H2,1-2H3/t12-/m0/s1. The normalized spacial score (nSPS) is 12.4. The first-order valence-corrected chi connectivity index (χ1v) is 7.06. The van der Waals surface area contributed by atoms with Gasteiger partial charge in [-0.1, -0.05) is 41.4 Å². The Kier molecular flexibility index (Phi) is 4.87. The van der Waals surface area contributed by atoms with Gasteiger partial charge in [0.05, 0.1) is 0 Å². The fraction of sp³-hybridized carbons (Fsp3) is 0.250. The minimum absolute atomic E-state index is 0.285. The predicted octanol–water partition coefficient (Wildman–Crippen LogP) is 5.15. The molecule has 0 fully saturated rings. The highest BCUT2D eigenvalue weighted by Crippen LogP contribution is 2.18. The molecule has 2 rings (SSSR count).